The van der Waals surface area contributed by atoms with Gasteiger partial charge >= 0.3 is 0 Å². The molecule has 0 aliphatic rings. The molecule has 0 spiro atoms. The van der Waals surface area contributed by atoms with Crippen LogP contribution in [0.3, 0.4) is 0 Å². The number of hydrogen-bond donors (Lipinski definition) is 1. The van der Waals surface area contributed by atoms with Crippen molar-refractivity contribution in [2.45, 2.75) is 6.54 Å². The first kappa shape index (κ1) is 4.67. The summed E-state index contributed by atoms with van der Waals surface area (Å²) in [6.07, 6.45) is 1.67. The van der Waals surface area contributed by atoms with Crippen LogP contribution in [0.1, 0.15) is 5.69 Å². The molecule has 1 aromatic heterocycles. The van der Waals surface area contributed by atoms with E-state index in [0.717, 1.165) is 5.69 Å². The summed E-state index contributed by atoms with van der Waals surface area (Å²) < 4.78 is 7.58. The fourth-order valence-electron chi connectivity index (χ4n) is 0.274. The Morgan fingerprint density at radius 2 is 2.71 bits per heavy atom. The second-order valence-corrected chi connectivity index (χ2v) is 1.66. The molecule has 7 heavy (non-hydrogen) atoms. The van der Waals surface area contributed by atoms with Gasteiger partial charge in [0.15, 0.2) is 0 Å². The molecule has 38 valence electrons. The smallest absolute Gasteiger partial charge is 0.0878 e. The van der Waals surface area contributed by atoms with Gasteiger partial charge in [-0.1, -0.05) is 0 Å². The molecule has 2 N–H and O–H groups in total. The quantitative estimate of drug-likeness (QED) is 0.560. The lowest BCUT2D eigenvalue weighted by atomic mass is 10.5. The Morgan fingerprint density at radius 3 is 3.00 bits per heavy atom. The average molecular weight is 115 g/mol. The maximum absolute atomic E-state index is 5.20. The molecule has 0 amide bonds. The SMILES string of the molecule is NCc1cnsn1. The van der Waals surface area contributed by atoms with Gasteiger partial charge in [0.25, 0.3) is 0 Å². The van der Waals surface area contributed by atoms with E-state index < -0.39 is 0 Å². The van der Waals surface area contributed by atoms with Crippen LogP contribution < -0.4 is 5.73 Å². The highest BCUT2D eigenvalue weighted by atomic mass is 32.1. The van der Waals surface area contributed by atoms with E-state index in [1.807, 2.05) is 0 Å². The van der Waals surface area contributed by atoms with Gasteiger partial charge in [0.1, 0.15) is 0 Å². The summed E-state index contributed by atoms with van der Waals surface area (Å²) in [4.78, 5) is 0. The predicted octanol–water partition coefficient (Wildman–Crippen LogP) is -0.00320. The van der Waals surface area contributed by atoms with E-state index in [1.54, 1.807) is 6.20 Å². The van der Waals surface area contributed by atoms with Gasteiger partial charge < -0.3 is 5.73 Å². The summed E-state index contributed by atoms with van der Waals surface area (Å²) in [5, 5.41) is 0. The van der Waals surface area contributed by atoms with Crippen LogP contribution in [0.25, 0.3) is 0 Å². The molecule has 0 aliphatic heterocycles. The van der Waals surface area contributed by atoms with E-state index >= 15 is 0 Å². The number of nitrogens with two attached hydrogens (primary N) is 1. The number of aromatic nitrogens is 2. The molecule has 0 atom stereocenters. The summed E-state index contributed by atoms with van der Waals surface area (Å²) in [6, 6.07) is 0. The zero-order valence-electron chi connectivity index (χ0n) is 3.66. The number of hydrogen-bond acceptors (Lipinski definition) is 4. The van der Waals surface area contributed by atoms with E-state index in [-0.39, 0.29) is 0 Å². The van der Waals surface area contributed by atoms with Crippen molar-refractivity contribution in [2.24, 2.45) is 5.73 Å². The minimum Gasteiger partial charge on any atom is -0.325 e. The Kier molecular flexibility index (Phi) is 1.33. The molecular weight excluding hydrogens is 110 g/mol. The summed E-state index contributed by atoms with van der Waals surface area (Å²) in [7, 11) is 0. The zero-order valence-corrected chi connectivity index (χ0v) is 4.48. The van der Waals surface area contributed by atoms with E-state index in [1.165, 1.54) is 11.7 Å². The fraction of sp³-hybridized carbons (Fsp3) is 0.333. The van der Waals surface area contributed by atoms with Gasteiger partial charge in [0.2, 0.25) is 0 Å². The van der Waals surface area contributed by atoms with Crippen LogP contribution in [-0.2, 0) is 6.54 Å². The third kappa shape index (κ3) is 0.942. The van der Waals surface area contributed by atoms with E-state index in [2.05, 4.69) is 8.75 Å². The molecule has 0 radical (unpaired) electrons. The first-order valence-electron chi connectivity index (χ1n) is 1.90. The second-order valence-electron chi connectivity index (χ2n) is 1.10. The molecule has 3 nitrogen and oxygen atoms in total. The first-order valence-corrected chi connectivity index (χ1v) is 2.63. The van der Waals surface area contributed by atoms with Gasteiger partial charge in [-0.15, -0.1) is 0 Å². The fourth-order valence-corrected chi connectivity index (χ4v) is 0.716. The summed E-state index contributed by atoms with van der Waals surface area (Å²) in [6.45, 7) is 0.497. The molecule has 0 unspecified atom stereocenters. The predicted molar refractivity (Wildman–Crippen MR) is 27.8 cm³/mol. The molecule has 0 saturated heterocycles. The Bertz CT molecular complexity index is 125. The molecule has 1 rings (SSSR count). The van der Waals surface area contributed by atoms with Crippen molar-refractivity contribution in [3.8, 4) is 0 Å². The molecule has 0 fully saturated rings. The summed E-state index contributed by atoms with van der Waals surface area (Å²) >= 11 is 1.18. The average Bonchev–Trinajstić information content (AvgIpc) is 2.14. The lowest BCUT2D eigenvalue weighted by Gasteiger charge is -1.76. The van der Waals surface area contributed by atoms with Crippen molar-refractivity contribution in [2.75, 3.05) is 0 Å². The van der Waals surface area contributed by atoms with Gasteiger partial charge in [-0.2, -0.15) is 8.75 Å². The van der Waals surface area contributed by atoms with Gasteiger partial charge in [0.05, 0.1) is 23.6 Å². The largest absolute Gasteiger partial charge is 0.325 e. The van der Waals surface area contributed by atoms with Crippen molar-refractivity contribution in [3.05, 3.63) is 11.9 Å². The minimum atomic E-state index is 0.497. The maximum Gasteiger partial charge on any atom is 0.0878 e. The Labute approximate surface area is 45.5 Å². The lowest BCUT2D eigenvalue weighted by molar-refractivity contribution is 1.02. The van der Waals surface area contributed by atoms with Crippen molar-refractivity contribution in [1.29, 1.82) is 0 Å². The molecule has 1 heterocycles. The van der Waals surface area contributed by atoms with Gasteiger partial charge in [0, 0.05) is 6.54 Å². The molecule has 0 saturated carbocycles. The molecule has 0 aliphatic carbocycles. The topological polar surface area (TPSA) is 51.8 Å². The van der Waals surface area contributed by atoms with Crippen LogP contribution >= 0.6 is 11.7 Å². The number of nitrogens with zero attached hydrogens (tertiary/aromatic N) is 2. The van der Waals surface area contributed by atoms with Crippen LogP contribution in [0.5, 0.6) is 0 Å². The maximum atomic E-state index is 5.20. The normalized spacial score (nSPS) is 9.29. The van der Waals surface area contributed by atoms with Crippen LogP contribution in [0.4, 0.5) is 0 Å². The lowest BCUT2D eigenvalue weighted by Crippen LogP contribution is -1.94. The first-order chi connectivity index (χ1) is 3.43. The van der Waals surface area contributed by atoms with Crippen LogP contribution in [0, 0.1) is 0 Å². The molecule has 1 aromatic rings. The Hall–Kier alpha value is -0.480. The third-order valence-corrected chi connectivity index (χ3v) is 1.13. The second kappa shape index (κ2) is 1.99. The zero-order chi connectivity index (χ0) is 5.11. The Morgan fingerprint density at radius 1 is 1.86 bits per heavy atom. The summed E-state index contributed by atoms with van der Waals surface area (Å²) in [5.74, 6) is 0. The molecule has 4 heteroatoms. The standard InChI is InChI=1S/C3H5N3S/c4-1-3-2-5-7-6-3/h2H,1,4H2. The van der Waals surface area contributed by atoms with Crippen LogP contribution in [0.15, 0.2) is 6.20 Å². The molecule has 0 bridgehead atoms. The van der Waals surface area contributed by atoms with Crippen LogP contribution in [0.2, 0.25) is 0 Å². The minimum absolute atomic E-state index is 0.497. The number of rotatable bonds is 1. The highest BCUT2D eigenvalue weighted by Crippen LogP contribution is 1.90. The summed E-state index contributed by atoms with van der Waals surface area (Å²) in [5.41, 5.74) is 6.06. The van der Waals surface area contributed by atoms with Gasteiger partial charge in [-0.3, -0.25) is 0 Å². The molecular formula is C3H5N3S. The monoisotopic (exact) mass is 115 g/mol. The van der Waals surface area contributed by atoms with Crippen molar-refractivity contribution < 1.29 is 0 Å². The van der Waals surface area contributed by atoms with Crippen LogP contribution in [-0.4, -0.2) is 8.75 Å². The van der Waals surface area contributed by atoms with Gasteiger partial charge in [-0.05, 0) is 0 Å². The van der Waals surface area contributed by atoms with Crippen molar-refractivity contribution in [3.63, 3.8) is 0 Å². The van der Waals surface area contributed by atoms with E-state index in [9.17, 15) is 0 Å². The highest BCUT2D eigenvalue weighted by Gasteiger charge is 1.86. The van der Waals surface area contributed by atoms with E-state index in [0.29, 0.717) is 6.54 Å². The van der Waals surface area contributed by atoms with Crippen molar-refractivity contribution >= 4 is 11.7 Å². The van der Waals surface area contributed by atoms with Crippen molar-refractivity contribution in [1.82, 2.24) is 8.75 Å². The Balaban J connectivity index is 2.76. The highest BCUT2D eigenvalue weighted by molar-refractivity contribution is 6.99. The molecule has 0 aromatic carbocycles. The third-order valence-electron chi connectivity index (χ3n) is 0.616. The van der Waals surface area contributed by atoms with Gasteiger partial charge in [-0.25, -0.2) is 0 Å². The van der Waals surface area contributed by atoms with E-state index in [4.69, 9.17) is 5.73 Å².